The van der Waals surface area contributed by atoms with E-state index in [0.717, 1.165) is 49.4 Å². The summed E-state index contributed by atoms with van der Waals surface area (Å²) in [6.07, 6.45) is 3.91. The Kier molecular flexibility index (Phi) is 7.20. The lowest BCUT2D eigenvalue weighted by molar-refractivity contribution is -0.125. The van der Waals surface area contributed by atoms with E-state index in [1.165, 1.54) is 0 Å². The minimum Gasteiger partial charge on any atom is -0.352 e. The van der Waals surface area contributed by atoms with Crippen LogP contribution in [0, 0.1) is 12.8 Å². The highest BCUT2D eigenvalue weighted by Gasteiger charge is 2.41. The smallest absolute Gasteiger partial charge is 0.243 e. The molecule has 4 rings (SSSR count). The van der Waals surface area contributed by atoms with Gasteiger partial charge in [0.1, 0.15) is 5.82 Å². The van der Waals surface area contributed by atoms with Gasteiger partial charge in [0.2, 0.25) is 11.8 Å². The van der Waals surface area contributed by atoms with Gasteiger partial charge < -0.3 is 10.6 Å². The zero-order valence-electron chi connectivity index (χ0n) is 19.1. The molecule has 1 aromatic heterocycles. The first-order chi connectivity index (χ1) is 15.5. The molecule has 1 aromatic carbocycles. The molecule has 3 heterocycles. The van der Waals surface area contributed by atoms with Gasteiger partial charge >= 0.3 is 0 Å². The largest absolute Gasteiger partial charge is 0.352 e. The van der Waals surface area contributed by atoms with Crippen LogP contribution in [0.3, 0.4) is 0 Å². The minimum atomic E-state index is -0.217. The second-order valence-electron chi connectivity index (χ2n) is 8.85. The third-order valence-corrected chi connectivity index (χ3v) is 7.84. The van der Waals surface area contributed by atoms with E-state index in [0.29, 0.717) is 11.2 Å². The Hall–Kier alpha value is -2.32. The Bertz CT molecular complexity index is 947. The molecule has 4 atom stereocenters. The molecular weight excluding hydrogens is 422 g/mol. The number of aryl methyl sites for hydroxylation is 1. The first kappa shape index (κ1) is 22.9. The summed E-state index contributed by atoms with van der Waals surface area (Å²) in [5, 5.41) is 11.2. The molecule has 2 aliphatic heterocycles. The highest BCUT2D eigenvalue weighted by molar-refractivity contribution is 8.00. The number of thioether (sulfide) groups is 1. The number of carbonyl (C=O) groups excluding carboxylic acids is 2. The van der Waals surface area contributed by atoms with Gasteiger partial charge in [0, 0.05) is 30.3 Å². The van der Waals surface area contributed by atoms with Crippen molar-refractivity contribution in [3.05, 3.63) is 42.1 Å². The third-order valence-electron chi connectivity index (χ3n) is 6.44. The molecule has 0 saturated carbocycles. The van der Waals surface area contributed by atoms with Crippen molar-refractivity contribution < 1.29 is 9.59 Å². The van der Waals surface area contributed by atoms with E-state index in [1.54, 1.807) is 4.68 Å². The summed E-state index contributed by atoms with van der Waals surface area (Å²) in [7, 11) is 0. The summed E-state index contributed by atoms with van der Waals surface area (Å²) >= 11 is 1.85. The molecule has 0 radical (unpaired) electrons. The molecular formula is C24H33N5O2S. The van der Waals surface area contributed by atoms with Gasteiger partial charge in [-0.15, -0.1) is 11.8 Å². The maximum atomic E-state index is 13.4. The number of amides is 2. The van der Waals surface area contributed by atoms with Crippen LogP contribution < -0.4 is 10.6 Å². The number of hydrogen-bond donors (Lipinski definition) is 2. The van der Waals surface area contributed by atoms with Crippen molar-refractivity contribution in [2.45, 2.75) is 63.9 Å². The number of rotatable bonds is 6. The normalized spacial score (nSPS) is 24.4. The van der Waals surface area contributed by atoms with Gasteiger partial charge in [0.15, 0.2) is 0 Å². The molecule has 1 unspecified atom stereocenters. The topological polar surface area (TPSA) is 79.3 Å². The molecule has 172 valence electrons. The van der Waals surface area contributed by atoms with Crippen LogP contribution in [0.4, 0.5) is 5.82 Å². The van der Waals surface area contributed by atoms with E-state index < -0.39 is 0 Å². The van der Waals surface area contributed by atoms with Crippen molar-refractivity contribution in [3.8, 4) is 5.69 Å². The zero-order valence-corrected chi connectivity index (χ0v) is 19.9. The van der Waals surface area contributed by atoms with Gasteiger partial charge in [-0.25, -0.2) is 4.68 Å². The minimum absolute atomic E-state index is 0.00835. The number of benzene rings is 1. The Labute approximate surface area is 194 Å². The van der Waals surface area contributed by atoms with Crippen molar-refractivity contribution in [2.24, 2.45) is 5.92 Å². The third kappa shape index (κ3) is 5.02. The van der Waals surface area contributed by atoms with Gasteiger partial charge in [-0.1, -0.05) is 32.0 Å². The second-order valence-corrected chi connectivity index (χ2v) is 10.1. The fourth-order valence-corrected chi connectivity index (χ4v) is 5.92. The number of carbonyl (C=O) groups is 2. The van der Waals surface area contributed by atoms with Crippen LogP contribution >= 0.6 is 11.8 Å². The Morgan fingerprint density at radius 1 is 1.25 bits per heavy atom. The van der Waals surface area contributed by atoms with Crippen LogP contribution in [-0.2, 0) is 9.59 Å². The van der Waals surface area contributed by atoms with Crippen molar-refractivity contribution >= 4 is 29.4 Å². The van der Waals surface area contributed by atoms with Gasteiger partial charge in [-0.3, -0.25) is 14.5 Å². The lowest BCUT2D eigenvalue weighted by atomic mass is 10.1. The van der Waals surface area contributed by atoms with Crippen molar-refractivity contribution in [3.63, 3.8) is 0 Å². The fraction of sp³-hybridized carbons (Fsp3) is 0.542. The molecule has 2 N–H and O–H groups in total. The number of nitrogens with one attached hydrogen (secondary N) is 2. The van der Waals surface area contributed by atoms with Crippen LogP contribution in [0.25, 0.3) is 5.69 Å². The number of hydrogen-bond acceptors (Lipinski definition) is 5. The van der Waals surface area contributed by atoms with Gasteiger partial charge in [0.25, 0.3) is 0 Å². The molecule has 2 fully saturated rings. The van der Waals surface area contributed by atoms with Crippen LogP contribution in [-0.4, -0.2) is 56.2 Å². The molecule has 0 aliphatic carbocycles. The molecule has 7 nitrogen and oxygen atoms in total. The van der Waals surface area contributed by atoms with Crippen molar-refractivity contribution in [1.82, 2.24) is 20.0 Å². The predicted octanol–water partition coefficient (Wildman–Crippen LogP) is 3.58. The summed E-state index contributed by atoms with van der Waals surface area (Å²) in [4.78, 5) is 28.1. The Morgan fingerprint density at radius 2 is 2.03 bits per heavy atom. The summed E-state index contributed by atoms with van der Waals surface area (Å²) in [6, 6.07) is 11.6. The van der Waals surface area contributed by atoms with E-state index in [4.69, 9.17) is 0 Å². The predicted molar refractivity (Wildman–Crippen MR) is 129 cm³/mol. The molecule has 2 aromatic rings. The monoisotopic (exact) mass is 455 g/mol. The summed E-state index contributed by atoms with van der Waals surface area (Å²) in [5.41, 5.74) is 1.77. The van der Waals surface area contributed by atoms with E-state index >= 15 is 0 Å². The quantitative estimate of drug-likeness (QED) is 0.696. The van der Waals surface area contributed by atoms with E-state index in [9.17, 15) is 9.59 Å². The fourth-order valence-electron chi connectivity index (χ4n) is 4.41. The molecule has 2 saturated heterocycles. The molecule has 2 amide bonds. The first-order valence-electron chi connectivity index (χ1n) is 11.6. The van der Waals surface area contributed by atoms with Crippen LogP contribution in [0.2, 0.25) is 0 Å². The van der Waals surface area contributed by atoms with Crippen LogP contribution in [0.1, 0.15) is 45.2 Å². The van der Waals surface area contributed by atoms with E-state index in [1.807, 2.05) is 68.9 Å². The zero-order chi connectivity index (χ0) is 22.7. The summed E-state index contributed by atoms with van der Waals surface area (Å²) < 4.78 is 1.78. The number of nitrogens with zero attached hydrogens (tertiary/aromatic N) is 3. The average molecular weight is 456 g/mol. The number of para-hydroxylation sites is 1. The summed E-state index contributed by atoms with van der Waals surface area (Å²) in [5.74, 6) is 1.57. The maximum absolute atomic E-state index is 13.4. The molecule has 8 heteroatoms. The number of anilines is 1. The standard InChI is InChI=1S/C24H33N5O2S/c1-4-16(2)23(30)25-18-9-8-12-22-28(14-18)20(15-32-22)24(31)26-21-13-17(3)27-29(21)19-10-6-5-7-11-19/h5-7,10-11,13,16,18,20,22H,4,8-9,12,14-15H2,1-3H3,(H,25,30)(H,26,31)/t16-,18?,20+,22+/m1/s1. The van der Waals surface area contributed by atoms with Gasteiger partial charge in [-0.05, 0) is 44.7 Å². The SMILES string of the molecule is CC[C@@H](C)C(=O)NC1CCC[C@@H]2SC[C@@H](C(=O)Nc3cc(C)nn3-c3ccccc3)N2C1. The second kappa shape index (κ2) is 10.1. The average Bonchev–Trinajstić information content (AvgIpc) is 3.30. The maximum Gasteiger partial charge on any atom is 0.243 e. The Balaban J connectivity index is 1.47. The lowest BCUT2D eigenvalue weighted by Gasteiger charge is -2.30. The number of aromatic nitrogens is 2. The van der Waals surface area contributed by atoms with Gasteiger partial charge in [0.05, 0.1) is 22.8 Å². The van der Waals surface area contributed by atoms with Crippen molar-refractivity contribution in [2.75, 3.05) is 17.6 Å². The highest BCUT2D eigenvalue weighted by atomic mass is 32.2. The molecule has 0 bridgehead atoms. The lowest BCUT2D eigenvalue weighted by Crippen LogP contribution is -2.50. The molecule has 0 spiro atoms. The summed E-state index contributed by atoms with van der Waals surface area (Å²) in [6.45, 7) is 6.65. The number of fused-ring (bicyclic) bond motifs is 1. The highest BCUT2D eigenvalue weighted by Crippen LogP contribution is 2.35. The first-order valence-corrected chi connectivity index (χ1v) is 12.6. The Morgan fingerprint density at radius 3 is 2.78 bits per heavy atom. The van der Waals surface area contributed by atoms with Crippen molar-refractivity contribution in [1.29, 1.82) is 0 Å². The van der Waals surface area contributed by atoms with Crippen LogP contribution in [0.5, 0.6) is 0 Å². The van der Waals surface area contributed by atoms with Gasteiger partial charge in [-0.2, -0.15) is 5.10 Å². The van der Waals surface area contributed by atoms with E-state index in [-0.39, 0.29) is 29.8 Å². The van der Waals surface area contributed by atoms with Crippen LogP contribution in [0.15, 0.2) is 36.4 Å². The molecule has 32 heavy (non-hydrogen) atoms. The molecule has 2 aliphatic rings. The van der Waals surface area contributed by atoms with E-state index in [2.05, 4.69) is 20.6 Å².